The summed E-state index contributed by atoms with van der Waals surface area (Å²) in [6.07, 6.45) is 11.9. The van der Waals surface area contributed by atoms with Gasteiger partial charge in [0.25, 0.3) is 0 Å². The van der Waals surface area contributed by atoms with E-state index in [9.17, 15) is 4.79 Å². The molecule has 1 saturated carbocycles. The van der Waals surface area contributed by atoms with Gasteiger partial charge in [-0.25, -0.2) is 4.98 Å². The minimum Gasteiger partial charge on any atom is -0.490 e. The van der Waals surface area contributed by atoms with Crippen molar-refractivity contribution in [1.82, 2.24) is 15.3 Å². The maximum atomic E-state index is 12.7. The molecule has 0 radical (unpaired) electrons. The molecule has 148 valence electrons. The summed E-state index contributed by atoms with van der Waals surface area (Å²) in [6, 6.07) is 8.06. The Hall–Kier alpha value is -2.63. The number of rotatable bonds is 6. The molecule has 1 saturated heterocycles. The van der Waals surface area contributed by atoms with Crippen LogP contribution in [0.3, 0.4) is 0 Å². The molecule has 1 aromatic carbocycles. The van der Waals surface area contributed by atoms with Gasteiger partial charge in [0.1, 0.15) is 11.6 Å². The largest absolute Gasteiger partial charge is 0.490 e. The van der Waals surface area contributed by atoms with E-state index >= 15 is 0 Å². The van der Waals surface area contributed by atoms with Crippen molar-refractivity contribution in [2.75, 3.05) is 18.0 Å². The SMILES string of the molecule is O=C(NCc1ccccc1OC1CCCC1)C1CCN(c2cnccn2)CC1. The number of amides is 1. The number of para-hydroxylation sites is 1. The first-order valence-corrected chi connectivity index (χ1v) is 10.3. The van der Waals surface area contributed by atoms with Crippen LogP contribution in [-0.4, -0.2) is 35.1 Å². The molecule has 6 nitrogen and oxygen atoms in total. The summed E-state index contributed by atoms with van der Waals surface area (Å²) in [5.41, 5.74) is 1.06. The maximum Gasteiger partial charge on any atom is 0.223 e. The highest BCUT2D eigenvalue weighted by Crippen LogP contribution is 2.27. The molecule has 2 fully saturated rings. The Bertz CT molecular complexity index is 769. The second-order valence-corrected chi connectivity index (χ2v) is 7.67. The molecule has 1 N–H and O–H groups in total. The van der Waals surface area contributed by atoms with Gasteiger partial charge in [-0.05, 0) is 44.6 Å². The highest BCUT2D eigenvalue weighted by Gasteiger charge is 2.26. The van der Waals surface area contributed by atoms with E-state index in [4.69, 9.17) is 4.74 Å². The molecular formula is C22H28N4O2. The van der Waals surface area contributed by atoms with E-state index in [0.717, 1.165) is 55.9 Å². The molecule has 1 aliphatic carbocycles. The van der Waals surface area contributed by atoms with E-state index in [-0.39, 0.29) is 11.8 Å². The topological polar surface area (TPSA) is 67.3 Å². The van der Waals surface area contributed by atoms with Gasteiger partial charge in [0.05, 0.1) is 12.3 Å². The van der Waals surface area contributed by atoms with Crippen LogP contribution in [0.1, 0.15) is 44.1 Å². The van der Waals surface area contributed by atoms with Crippen LogP contribution >= 0.6 is 0 Å². The van der Waals surface area contributed by atoms with E-state index in [1.807, 2.05) is 24.3 Å². The second kappa shape index (κ2) is 9.04. The molecule has 1 aromatic heterocycles. The predicted octanol–water partition coefficient (Wildman–Crippen LogP) is 3.33. The fourth-order valence-electron chi connectivity index (χ4n) is 4.10. The monoisotopic (exact) mass is 380 g/mol. The first kappa shape index (κ1) is 18.7. The number of nitrogens with one attached hydrogen (secondary N) is 1. The van der Waals surface area contributed by atoms with Crippen molar-refractivity contribution in [2.24, 2.45) is 5.92 Å². The lowest BCUT2D eigenvalue weighted by Crippen LogP contribution is -2.40. The third-order valence-electron chi connectivity index (χ3n) is 5.76. The molecular weight excluding hydrogens is 352 g/mol. The van der Waals surface area contributed by atoms with E-state index in [2.05, 4.69) is 20.2 Å². The average molecular weight is 380 g/mol. The zero-order chi connectivity index (χ0) is 19.2. The number of aromatic nitrogens is 2. The van der Waals surface area contributed by atoms with Crippen LogP contribution in [0.25, 0.3) is 0 Å². The van der Waals surface area contributed by atoms with Gasteiger partial charge in [0.15, 0.2) is 0 Å². The first-order chi connectivity index (χ1) is 13.8. The number of benzene rings is 1. The number of hydrogen-bond acceptors (Lipinski definition) is 5. The highest BCUT2D eigenvalue weighted by molar-refractivity contribution is 5.79. The summed E-state index contributed by atoms with van der Waals surface area (Å²) < 4.78 is 6.18. The van der Waals surface area contributed by atoms with Crippen molar-refractivity contribution >= 4 is 11.7 Å². The lowest BCUT2D eigenvalue weighted by molar-refractivity contribution is -0.125. The number of piperidine rings is 1. The number of carbonyl (C=O) groups is 1. The number of nitrogens with zero attached hydrogens (tertiary/aromatic N) is 3. The van der Waals surface area contributed by atoms with Gasteiger partial charge in [-0.3, -0.25) is 9.78 Å². The van der Waals surface area contributed by atoms with Crippen LogP contribution in [0.2, 0.25) is 0 Å². The summed E-state index contributed by atoms with van der Waals surface area (Å²) in [6.45, 7) is 2.18. The van der Waals surface area contributed by atoms with Gasteiger partial charge in [-0.1, -0.05) is 18.2 Å². The van der Waals surface area contributed by atoms with Gasteiger partial charge in [-0.2, -0.15) is 0 Å². The summed E-state index contributed by atoms with van der Waals surface area (Å²) in [5, 5.41) is 3.12. The third kappa shape index (κ3) is 4.61. The number of ether oxygens (including phenoxy) is 1. The Morgan fingerprint density at radius 3 is 2.64 bits per heavy atom. The van der Waals surface area contributed by atoms with Crippen molar-refractivity contribution in [1.29, 1.82) is 0 Å². The predicted molar refractivity (Wildman–Crippen MR) is 108 cm³/mol. The normalized spacial score (nSPS) is 18.2. The summed E-state index contributed by atoms with van der Waals surface area (Å²) in [5.74, 6) is 1.98. The summed E-state index contributed by atoms with van der Waals surface area (Å²) in [7, 11) is 0. The Morgan fingerprint density at radius 1 is 1.11 bits per heavy atom. The van der Waals surface area contributed by atoms with Crippen LogP contribution in [0.5, 0.6) is 5.75 Å². The standard InChI is InChI=1S/C22H28N4O2/c27-22(17-9-13-26(14-10-17)21-16-23-11-12-24-21)25-15-18-5-1-4-8-20(18)28-19-6-2-3-7-19/h1,4-5,8,11-12,16-17,19H,2-3,6-7,9-10,13-15H2,(H,25,27). The Balaban J connectivity index is 1.28. The lowest BCUT2D eigenvalue weighted by Gasteiger charge is -2.31. The molecule has 2 heterocycles. The van der Waals surface area contributed by atoms with Crippen LogP contribution in [0.15, 0.2) is 42.9 Å². The highest BCUT2D eigenvalue weighted by atomic mass is 16.5. The van der Waals surface area contributed by atoms with Gasteiger partial charge < -0.3 is 15.0 Å². The Morgan fingerprint density at radius 2 is 1.89 bits per heavy atom. The quantitative estimate of drug-likeness (QED) is 0.833. The summed E-state index contributed by atoms with van der Waals surface area (Å²) in [4.78, 5) is 23.3. The van der Waals surface area contributed by atoms with Crippen LogP contribution in [0.4, 0.5) is 5.82 Å². The molecule has 2 aromatic rings. The smallest absolute Gasteiger partial charge is 0.223 e. The van der Waals surface area contributed by atoms with Gasteiger partial charge >= 0.3 is 0 Å². The molecule has 0 atom stereocenters. The summed E-state index contributed by atoms with van der Waals surface area (Å²) >= 11 is 0. The minimum atomic E-state index is 0.0517. The first-order valence-electron chi connectivity index (χ1n) is 10.3. The molecule has 2 aliphatic rings. The van der Waals surface area contributed by atoms with E-state index < -0.39 is 0 Å². The Labute approximate surface area is 166 Å². The van der Waals surface area contributed by atoms with Crippen LogP contribution in [-0.2, 0) is 11.3 Å². The molecule has 1 amide bonds. The lowest BCUT2D eigenvalue weighted by atomic mass is 9.96. The van der Waals surface area contributed by atoms with Gasteiger partial charge in [0, 0.05) is 43.5 Å². The zero-order valence-electron chi connectivity index (χ0n) is 16.2. The fourth-order valence-corrected chi connectivity index (χ4v) is 4.10. The second-order valence-electron chi connectivity index (χ2n) is 7.67. The van der Waals surface area contributed by atoms with E-state index in [1.165, 1.54) is 12.8 Å². The molecule has 0 bridgehead atoms. The van der Waals surface area contributed by atoms with E-state index in [0.29, 0.717) is 12.6 Å². The van der Waals surface area contributed by atoms with Gasteiger partial charge in [0.2, 0.25) is 5.91 Å². The van der Waals surface area contributed by atoms with Crippen LogP contribution < -0.4 is 15.0 Å². The molecule has 0 spiro atoms. The molecule has 1 aliphatic heterocycles. The van der Waals surface area contributed by atoms with Crippen LogP contribution in [0, 0.1) is 5.92 Å². The molecule has 4 rings (SSSR count). The van der Waals surface area contributed by atoms with Crippen molar-refractivity contribution in [3.05, 3.63) is 48.4 Å². The van der Waals surface area contributed by atoms with E-state index in [1.54, 1.807) is 18.6 Å². The average Bonchev–Trinajstić information content (AvgIpc) is 3.27. The fraction of sp³-hybridized carbons (Fsp3) is 0.500. The number of anilines is 1. The Kier molecular flexibility index (Phi) is 6.04. The number of hydrogen-bond donors (Lipinski definition) is 1. The minimum absolute atomic E-state index is 0.0517. The van der Waals surface area contributed by atoms with Crippen molar-refractivity contribution in [2.45, 2.75) is 51.2 Å². The molecule has 0 unspecified atom stereocenters. The van der Waals surface area contributed by atoms with Gasteiger partial charge in [-0.15, -0.1) is 0 Å². The molecule has 28 heavy (non-hydrogen) atoms. The van der Waals surface area contributed by atoms with Crippen molar-refractivity contribution < 1.29 is 9.53 Å². The third-order valence-corrected chi connectivity index (χ3v) is 5.76. The molecule has 6 heteroatoms. The van der Waals surface area contributed by atoms with Crippen molar-refractivity contribution in [3.63, 3.8) is 0 Å². The maximum absolute atomic E-state index is 12.7. The zero-order valence-corrected chi connectivity index (χ0v) is 16.2. The number of carbonyl (C=O) groups excluding carboxylic acids is 1. The van der Waals surface area contributed by atoms with Crippen molar-refractivity contribution in [3.8, 4) is 5.75 Å².